The van der Waals surface area contributed by atoms with Crippen LogP contribution in [0.2, 0.25) is 0 Å². The highest BCUT2D eigenvalue weighted by atomic mass is 32.2. The number of para-hydroxylation sites is 2. The van der Waals surface area contributed by atoms with Gasteiger partial charge in [0.25, 0.3) is 10.0 Å². The smallest absolute Gasteiger partial charge is 0.263 e. The standard InChI is InChI=1S/C38H37N3O4S/c1-6-21-44-41-46(42,43)35-16-8-7-15-32(35)36-30-19-17-28(39-37-24(2)11-9-12-25(37)3)22-33(30)45-34-23-29(18-20-31(34)36)40-38-26(4)13-10-14-27(38)5/h7-20,22-23,39,41H,6,21H2,1-5H3. The average Bonchev–Trinajstić information content (AvgIpc) is 3.03. The van der Waals surface area contributed by atoms with Crippen molar-refractivity contribution in [3.63, 3.8) is 0 Å². The topological polar surface area (TPSA) is 92.9 Å². The van der Waals surface area contributed by atoms with Gasteiger partial charge < -0.3 is 9.73 Å². The normalized spacial score (nSPS) is 12.2. The van der Waals surface area contributed by atoms with Crippen molar-refractivity contribution in [1.82, 2.24) is 4.89 Å². The van der Waals surface area contributed by atoms with Gasteiger partial charge in [0.1, 0.15) is 11.3 Å². The van der Waals surface area contributed by atoms with Crippen LogP contribution in [0.3, 0.4) is 0 Å². The number of aryl methyl sites for hydroxylation is 4. The van der Waals surface area contributed by atoms with Gasteiger partial charge in [-0.3, -0.25) is 4.84 Å². The Morgan fingerprint density at radius 3 is 2.17 bits per heavy atom. The second-order valence-electron chi connectivity index (χ2n) is 11.5. The van der Waals surface area contributed by atoms with E-state index in [4.69, 9.17) is 14.2 Å². The summed E-state index contributed by atoms with van der Waals surface area (Å²) in [6.45, 7) is 10.4. The SMILES string of the molecule is CCCONS(=O)(=O)c1ccccc1-c1c2ccc(=Nc3c(C)cccc3C)cc-2oc2cc(Nc3c(C)cccc3C)ccc12. The Balaban J connectivity index is 1.60. The minimum atomic E-state index is -4.00. The molecule has 0 aromatic heterocycles. The van der Waals surface area contributed by atoms with Gasteiger partial charge in [0, 0.05) is 45.6 Å². The molecule has 1 aliphatic carbocycles. The van der Waals surface area contributed by atoms with Crippen LogP contribution in [0.1, 0.15) is 35.6 Å². The molecule has 8 heteroatoms. The van der Waals surface area contributed by atoms with Crippen LogP contribution < -0.4 is 15.6 Å². The molecule has 0 saturated heterocycles. The van der Waals surface area contributed by atoms with Crippen molar-refractivity contribution in [3.8, 4) is 22.5 Å². The fourth-order valence-electron chi connectivity index (χ4n) is 5.76. The molecule has 1 aliphatic heterocycles. The summed E-state index contributed by atoms with van der Waals surface area (Å²) < 4.78 is 33.7. The minimum Gasteiger partial charge on any atom is -0.456 e. The average molecular weight is 632 g/mol. The second-order valence-corrected chi connectivity index (χ2v) is 13.2. The molecule has 7 nitrogen and oxygen atoms in total. The van der Waals surface area contributed by atoms with Crippen LogP contribution >= 0.6 is 0 Å². The van der Waals surface area contributed by atoms with Gasteiger partial charge in [0.05, 0.1) is 22.5 Å². The highest BCUT2D eigenvalue weighted by molar-refractivity contribution is 7.89. The molecule has 234 valence electrons. The number of fused-ring (bicyclic) bond motifs is 2. The molecule has 2 aliphatic rings. The monoisotopic (exact) mass is 631 g/mol. The van der Waals surface area contributed by atoms with Gasteiger partial charge >= 0.3 is 0 Å². The van der Waals surface area contributed by atoms with Gasteiger partial charge in [0.15, 0.2) is 0 Å². The maximum atomic E-state index is 13.5. The van der Waals surface area contributed by atoms with E-state index in [2.05, 4.69) is 36.2 Å². The lowest BCUT2D eigenvalue weighted by molar-refractivity contribution is 0.0938. The summed E-state index contributed by atoms with van der Waals surface area (Å²) in [4.78, 5) is 12.7. The third-order valence-corrected chi connectivity index (χ3v) is 9.33. The predicted octanol–water partition coefficient (Wildman–Crippen LogP) is 9.03. The third kappa shape index (κ3) is 6.20. The van der Waals surface area contributed by atoms with Crippen LogP contribution in [0.4, 0.5) is 17.1 Å². The summed E-state index contributed by atoms with van der Waals surface area (Å²) in [5.74, 6) is 0.585. The third-order valence-electron chi connectivity index (χ3n) is 8.06. The van der Waals surface area contributed by atoms with E-state index in [9.17, 15) is 8.42 Å². The van der Waals surface area contributed by atoms with E-state index >= 15 is 0 Å². The Morgan fingerprint density at radius 2 is 1.46 bits per heavy atom. The van der Waals surface area contributed by atoms with Gasteiger partial charge in [-0.05, 0) is 86.7 Å². The number of anilines is 2. The first-order valence-electron chi connectivity index (χ1n) is 15.3. The lowest BCUT2D eigenvalue weighted by atomic mass is 9.93. The Hall–Kier alpha value is -4.76. The fraction of sp³-hybridized carbons (Fsp3) is 0.184. The molecule has 0 atom stereocenters. The zero-order valence-corrected chi connectivity index (χ0v) is 27.5. The lowest BCUT2D eigenvalue weighted by Gasteiger charge is -2.19. The van der Waals surface area contributed by atoms with Gasteiger partial charge in [-0.1, -0.05) is 66.4 Å². The Bertz CT molecular complexity index is 2180. The number of hydrogen-bond donors (Lipinski definition) is 2. The van der Waals surface area contributed by atoms with Gasteiger partial charge in [-0.25, -0.2) is 13.4 Å². The van der Waals surface area contributed by atoms with Crippen molar-refractivity contribution >= 4 is 38.1 Å². The number of hydrogen-bond acceptors (Lipinski definition) is 6. The van der Waals surface area contributed by atoms with Crippen molar-refractivity contribution < 1.29 is 17.7 Å². The Labute approximate surface area is 270 Å². The summed E-state index contributed by atoms with van der Waals surface area (Å²) in [5.41, 5.74) is 9.87. The number of rotatable bonds is 9. The zero-order chi connectivity index (χ0) is 32.4. The Kier molecular flexibility index (Phi) is 8.77. The van der Waals surface area contributed by atoms with Crippen molar-refractivity contribution in [2.24, 2.45) is 4.99 Å². The van der Waals surface area contributed by atoms with Crippen LogP contribution in [0.15, 0.2) is 111 Å². The van der Waals surface area contributed by atoms with Gasteiger partial charge in [-0.15, -0.1) is 0 Å². The maximum Gasteiger partial charge on any atom is 0.263 e. The molecule has 0 radical (unpaired) electrons. The predicted molar refractivity (Wildman–Crippen MR) is 185 cm³/mol. The first-order chi connectivity index (χ1) is 22.2. The molecule has 6 rings (SSSR count). The summed E-state index contributed by atoms with van der Waals surface area (Å²) in [5, 5.41) is 5.07. The quantitative estimate of drug-likeness (QED) is 0.0944. The van der Waals surface area contributed by atoms with Crippen molar-refractivity contribution in [2.75, 3.05) is 11.9 Å². The van der Waals surface area contributed by atoms with Crippen LogP contribution in [0.5, 0.6) is 0 Å². The van der Waals surface area contributed by atoms with Crippen LogP contribution in [0, 0.1) is 27.7 Å². The van der Waals surface area contributed by atoms with Crippen LogP contribution in [-0.4, -0.2) is 15.0 Å². The molecule has 1 heterocycles. The number of nitrogens with zero attached hydrogens (tertiary/aromatic N) is 1. The summed E-state index contributed by atoms with van der Waals surface area (Å²) in [6.07, 6.45) is 0.674. The van der Waals surface area contributed by atoms with E-state index in [1.807, 2.05) is 93.6 Å². The molecule has 0 unspecified atom stereocenters. The van der Waals surface area contributed by atoms with E-state index < -0.39 is 10.0 Å². The van der Waals surface area contributed by atoms with E-state index in [1.54, 1.807) is 12.1 Å². The minimum absolute atomic E-state index is 0.113. The van der Waals surface area contributed by atoms with Gasteiger partial charge in [-0.2, -0.15) is 0 Å². The number of benzene rings is 5. The maximum absolute atomic E-state index is 13.5. The number of nitrogens with one attached hydrogen (secondary N) is 2. The van der Waals surface area contributed by atoms with Crippen molar-refractivity contribution in [1.29, 1.82) is 0 Å². The molecule has 0 bridgehead atoms. The van der Waals surface area contributed by atoms with Crippen LogP contribution in [0.25, 0.3) is 33.4 Å². The zero-order valence-electron chi connectivity index (χ0n) is 26.6. The molecule has 0 fully saturated rings. The molecule has 0 spiro atoms. The molecule has 46 heavy (non-hydrogen) atoms. The van der Waals surface area contributed by atoms with Crippen LogP contribution in [-0.2, 0) is 14.9 Å². The summed E-state index contributed by atoms with van der Waals surface area (Å²) in [7, 11) is -4.00. The molecular formula is C38H37N3O4S. The molecule has 4 aromatic carbocycles. The molecule has 0 saturated carbocycles. The molecule has 2 N–H and O–H groups in total. The fourth-order valence-corrected chi connectivity index (χ4v) is 6.80. The largest absolute Gasteiger partial charge is 0.456 e. The van der Waals surface area contributed by atoms with Gasteiger partial charge in [0.2, 0.25) is 0 Å². The van der Waals surface area contributed by atoms with E-state index in [1.165, 1.54) is 0 Å². The first kappa shape index (κ1) is 31.2. The van der Waals surface area contributed by atoms with Crippen molar-refractivity contribution in [3.05, 3.63) is 125 Å². The first-order valence-corrected chi connectivity index (χ1v) is 16.8. The molecular weight excluding hydrogens is 595 g/mol. The number of sulfonamides is 1. The summed E-state index contributed by atoms with van der Waals surface area (Å²) >= 11 is 0. The highest BCUT2D eigenvalue weighted by Crippen LogP contribution is 2.43. The summed E-state index contributed by atoms with van der Waals surface area (Å²) in [6, 6.07) is 31.0. The molecule has 4 aromatic rings. The highest BCUT2D eigenvalue weighted by Gasteiger charge is 2.25. The lowest BCUT2D eigenvalue weighted by Crippen LogP contribution is -2.25. The van der Waals surface area contributed by atoms with E-state index in [0.29, 0.717) is 23.3 Å². The Morgan fingerprint density at radius 1 is 0.761 bits per heavy atom. The second kappa shape index (κ2) is 12.9. The van der Waals surface area contributed by atoms with E-state index in [-0.39, 0.29) is 11.5 Å². The van der Waals surface area contributed by atoms with E-state index in [0.717, 1.165) is 61.2 Å². The van der Waals surface area contributed by atoms with Crippen molar-refractivity contribution in [2.45, 2.75) is 45.9 Å². The molecule has 0 amide bonds.